The van der Waals surface area contributed by atoms with E-state index in [1.54, 1.807) is 21.1 Å². The van der Waals surface area contributed by atoms with Gasteiger partial charge in [0.2, 0.25) is 10.0 Å². The molecule has 1 aliphatic heterocycles. The number of methoxy groups -OCH3 is 2. The monoisotopic (exact) mass is 393 g/mol. The molecular formula is C20H24FNO4S. The van der Waals surface area contributed by atoms with Crippen LogP contribution in [0.3, 0.4) is 0 Å². The van der Waals surface area contributed by atoms with Crippen molar-refractivity contribution in [2.45, 2.75) is 37.6 Å². The zero-order valence-corrected chi connectivity index (χ0v) is 17.0. The van der Waals surface area contributed by atoms with Crippen LogP contribution < -0.4 is 9.47 Å². The predicted molar refractivity (Wildman–Crippen MR) is 101 cm³/mol. The number of hydrogen-bond acceptors (Lipinski definition) is 4. The van der Waals surface area contributed by atoms with Gasteiger partial charge in [0.25, 0.3) is 0 Å². The fourth-order valence-electron chi connectivity index (χ4n) is 3.55. The Labute approximate surface area is 159 Å². The molecule has 0 aromatic heterocycles. The Bertz CT molecular complexity index is 986. The van der Waals surface area contributed by atoms with Crippen molar-refractivity contribution in [2.75, 3.05) is 20.8 Å². The Balaban J connectivity index is 2.07. The maximum absolute atomic E-state index is 13.6. The quantitative estimate of drug-likeness (QED) is 0.796. The summed E-state index contributed by atoms with van der Waals surface area (Å²) in [6.45, 7) is 6.08. The first-order valence-electron chi connectivity index (χ1n) is 8.62. The molecule has 0 spiro atoms. The number of rotatable bonds is 4. The lowest BCUT2D eigenvalue weighted by molar-refractivity contribution is 0.294. The van der Waals surface area contributed by atoms with E-state index in [2.05, 4.69) is 0 Å². The van der Waals surface area contributed by atoms with Gasteiger partial charge >= 0.3 is 0 Å². The molecule has 27 heavy (non-hydrogen) atoms. The van der Waals surface area contributed by atoms with Crippen LogP contribution in [0.2, 0.25) is 0 Å². The first-order valence-corrected chi connectivity index (χ1v) is 10.1. The molecule has 0 unspecified atom stereocenters. The second-order valence-corrected chi connectivity index (χ2v) is 9.37. The lowest BCUT2D eigenvalue weighted by atomic mass is 9.79. The van der Waals surface area contributed by atoms with Crippen molar-refractivity contribution in [1.29, 1.82) is 0 Å². The van der Waals surface area contributed by atoms with E-state index in [-0.39, 0.29) is 11.4 Å². The Morgan fingerprint density at radius 2 is 1.70 bits per heavy atom. The van der Waals surface area contributed by atoms with Gasteiger partial charge in [-0.2, -0.15) is 4.31 Å². The van der Waals surface area contributed by atoms with Crippen molar-refractivity contribution in [1.82, 2.24) is 4.31 Å². The number of nitrogens with zero attached hydrogens (tertiary/aromatic N) is 1. The zero-order valence-electron chi connectivity index (χ0n) is 16.2. The number of fused-ring (bicyclic) bond motifs is 1. The van der Waals surface area contributed by atoms with Crippen LogP contribution in [0, 0.1) is 12.7 Å². The number of sulfonamides is 1. The van der Waals surface area contributed by atoms with E-state index in [0.29, 0.717) is 23.6 Å². The summed E-state index contributed by atoms with van der Waals surface area (Å²) in [5.74, 6) is 0.758. The van der Waals surface area contributed by atoms with Gasteiger partial charge in [-0.15, -0.1) is 0 Å². The van der Waals surface area contributed by atoms with Gasteiger partial charge in [-0.3, -0.25) is 0 Å². The molecule has 5 nitrogen and oxygen atoms in total. The minimum atomic E-state index is -3.76. The molecule has 0 fully saturated rings. The van der Waals surface area contributed by atoms with Crippen molar-refractivity contribution in [3.63, 3.8) is 0 Å². The molecule has 0 saturated carbocycles. The third-order valence-corrected chi connectivity index (χ3v) is 6.81. The van der Waals surface area contributed by atoms with Crippen LogP contribution in [-0.2, 0) is 22.0 Å². The van der Waals surface area contributed by atoms with E-state index in [9.17, 15) is 12.8 Å². The van der Waals surface area contributed by atoms with Gasteiger partial charge in [0, 0.05) is 18.5 Å². The highest BCUT2D eigenvalue weighted by Crippen LogP contribution is 2.41. The lowest BCUT2D eigenvalue weighted by Crippen LogP contribution is -2.45. The molecule has 146 valence electrons. The number of benzene rings is 2. The average Bonchev–Trinajstić information content (AvgIpc) is 2.62. The first-order chi connectivity index (χ1) is 12.6. The smallest absolute Gasteiger partial charge is 0.243 e. The predicted octanol–water partition coefficient (Wildman–Crippen LogP) is 3.63. The summed E-state index contributed by atoms with van der Waals surface area (Å²) in [5, 5.41) is 0. The maximum atomic E-state index is 13.6. The summed E-state index contributed by atoms with van der Waals surface area (Å²) in [5.41, 5.74) is 1.78. The van der Waals surface area contributed by atoms with Gasteiger partial charge in [-0.05, 0) is 53.9 Å². The van der Waals surface area contributed by atoms with Crippen molar-refractivity contribution < 1.29 is 22.3 Å². The Kier molecular flexibility index (Phi) is 4.94. The molecule has 0 amide bonds. The molecule has 2 aromatic carbocycles. The summed E-state index contributed by atoms with van der Waals surface area (Å²) in [6, 6.07) is 7.63. The van der Waals surface area contributed by atoms with Crippen LogP contribution in [0.4, 0.5) is 4.39 Å². The molecular weight excluding hydrogens is 369 g/mol. The molecule has 0 atom stereocenters. The zero-order chi connectivity index (χ0) is 20.0. The minimum Gasteiger partial charge on any atom is -0.493 e. The van der Waals surface area contributed by atoms with E-state index in [0.717, 1.165) is 11.1 Å². The van der Waals surface area contributed by atoms with Gasteiger partial charge < -0.3 is 9.47 Å². The number of aryl methyl sites for hydroxylation is 1. The molecule has 0 saturated heterocycles. The lowest BCUT2D eigenvalue weighted by Gasteiger charge is -2.39. The molecule has 1 heterocycles. The van der Waals surface area contributed by atoms with Crippen LogP contribution >= 0.6 is 0 Å². The van der Waals surface area contributed by atoms with Gasteiger partial charge in [-0.25, -0.2) is 12.8 Å². The minimum absolute atomic E-state index is 0.0983. The normalized spacial score (nSPS) is 16.7. The standard InChI is InChI=1S/C20H24FNO4S/c1-13-8-15(6-7-17(13)21)27(23,24)22-11-14-9-18(25-4)19(26-5)10-16(14)20(2,3)12-22/h6-10H,11-12H2,1-5H3. The summed E-state index contributed by atoms with van der Waals surface area (Å²) in [4.78, 5) is 0.0983. The van der Waals surface area contributed by atoms with E-state index in [1.807, 2.05) is 26.0 Å². The highest BCUT2D eigenvalue weighted by Gasteiger charge is 2.38. The summed E-state index contributed by atoms with van der Waals surface area (Å²) in [7, 11) is -0.629. The van der Waals surface area contributed by atoms with Crippen LogP contribution in [0.25, 0.3) is 0 Å². The Morgan fingerprint density at radius 1 is 1.07 bits per heavy atom. The van der Waals surface area contributed by atoms with Crippen molar-refractivity contribution in [2.24, 2.45) is 0 Å². The fraction of sp³-hybridized carbons (Fsp3) is 0.400. The van der Waals surface area contributed by atoms with Crippen molar-refractivity contribution >= 4 is 10.0 Å². The van der Waals surface area contributed by atoms with E-state index in [4.69, 9.17) is 9.47 Å². The molecule has 2 aromatic rings. The van der Waals surface area contributed by atoms with Gasteiger partial charge in [0.1, 0.15) is 5.82 Å². The van der Waals surface area contributed by atoms with Gasteiger partial charge in [0.15, 0.2) is 11.5 Å². The highest BCUT2D eigenvalue weighted by atomic mass is 32.2. The molecule has 0 radical (unpaired) electrons. The molecule has 0 N–H and O–H groups in total. The molecule has 7 heteroatoms. The van der Waals surface area contributed by atoms with E-state index in [1.165, 1.54) is 22.5 Å². The van der Waals surface area contributed by atoms with Crippen molar-refractivity contribution in [3.8, 4) is 11.5 Å². The van der Waals surface area contributed by atoms with Crippen LogP contribution in [0.5, 0.6) is 11.5 Å². The summed E-state index contributed by atoms with van der Waals surface area (Å²) < 4.78 is 52.1. The van der Waals surface area contributed by atoms with E-state index < -0.39 is 21.3 Å². The Morgan fingerprint density at radius 3 is 2.30 bits per heavy atom. The second-order valence-electron chi connectivity index (χ2n) is 7.43. The Hall–Kier alpha value is -2.12. The highest BCUT2D eigenvalue weighted by molar-refractivity contribution is 7.89. The third-order valence-electron chi connectivity index (χ3n) is 5.02. The number of halogens is 1. The van der Waals surface area contributed by atoms with Crippen molar-refractivity contribution in [3.05, 3.63) is 52.8 Å². The number of ether oxygens (including phenoxy) is 2. The van der Waals surface area contributed by atoms with Gasteiger partial charge in [0.05, 0.1) is 19.1 Å². The first kappa shape index (κ1) is 19.6. The molecule has 1 aliphatic rings. The van der Waals surface area contributed by atoms with Crippen LogP contribution in [0.15, 0.2) is 35.2 Å². The second kappa shape index (κ2) is 6.80. The van der Waals surface area contributed by atoms with Gasteiger partial charge in [-0.1, -0.05) is 13.8 Å². The average molecular weight is 393 g/mol. The third kappa shape index (κ3) is 3.41. The SMILES string of the molecule is COc1cc2c(cc1OC)C(C)(C)CN(S(=O)(=O)c1ccc(F)c(C)c1)C2. The maximum Gasteiger partial charge on any atom is 0.243 e. The number of hydrogen-bond donors (Lipinski definition) is 0. The largest absolute Gasteiger partial charge is 0.493 e. The molecule has 3 rings (SSSR count). The summed E-state index contributed by atoms with van der Waals surface area (Å²) >= 11 is 0. The summed E-state index contributed by atoms with van der Waals surface area (Å²) in [6.07, 6.45) is 0. The topological polar surface area (TPSA) is 55.8 Å². The fourth-order valence-corrected chi connectivity index (χ4v) is 5.22. The van der Waals surface area contributed by atoms with Crippen LogP contribution in [0.1, 0.15) is 30.5 Å². The van der Waals surface area contributed by atoms with E-state index >= 15 is 0 Å². The molecule has 0 aliphatic carbocycles. The van der Waals surface area contributed by atoms with Crippen LogP contribution in [-0.4, -0.2) is 33.5 Å². The molecule has 0 bridgehead atoms.